The number of benzene rings is 1. The third-order valence-corrected chi connectivity index (χ3v) is 2.94. The molecule has 3 heteroatoms. The van der Waals surface area contributed by atoms with Crippen LogP contribution in [0.2, 0.25) is 0 Å². The van der Waals surface area contributed by atoms with Crippen LogP contribution in [0.4, 0.5) is 0 Å². The molecule has 0 aliphatic carbocycles. The number of hydrogen-bond acceptors (Lipinski definition) is 3. The van der Waals surface area contributed by atoms with Crippen molar-refractivity contribution in [3.8, 4) is 0 Å². The molecule has 0 aliphatic heterocycles. The van der Waals surface area contributed by atoms with Crippen molar-refractivity contribution in [2.24, 2.45) is 0 Å². The Morgan fingerprint density at radius 3 is 2.68 bits per heavy atom. The van der Waals surface area contributed by atoms with Crippen LogP contribution < -0.4 is 5.32 Å². The quantitative estimate of drug-likeness (QED) is 0.854. The van der Waals surface area contributed by atoms with Crippen LogP contribution in [0.5, 0.6) is 0 Å². The molecule has 0 fully saturated rings. The minimum absolute atomic E-state index is 0.0390. The fraction of sp³-hybridized carbons (Fsp3) is 0.375. The van der Waals surface area contributed by atoms with E-state index in [4.69, 9.17) is 0 Å². The Balaban J connectivity index is 2.14. The molecule has 19 heavy (non-hydrogen) atoms. The standard InChI is InChI=1S/C16H20N2O/c1-16(2,3)18-11-9-14(19)13-8-4-6-12-7-5-10-17-15(12)13/h4-8,10,18H,9,11H2,1-3H3. The maximum Gasteiger partial charge on any atom is 0.166 e. The topological polar surface area (TPSA) is 42.0 Å². The van der Waals surface area contributed by atoms with Crippen molar-refractivity contribution < 1.29 is 4.79 Å². The zero-order valence-corrected chi connectivity index (χ0v) is 11.7. The van der Waals surface area contributed by atoms with E-state index in [0.29, 0.717) is 18.5 Å². The third kappa shape index (κ3) is 3.61. The van der Waals surface area contributed by atoms with E-state index in [0.717, 1.165) is 10.9 Å². The van der Waals surface area contributed by atoms with Gasteiger partial charge >= 0.3 is 0 Å². The van der Waals surface area contributed by atoms with E-state index in [2.05, 4.69) is 31.1 Å². The van der Waals surface area contributed by atoms with Gasteiger partial charge in [-0.25, -0.2) is 0 Å². The van der Waals surface area contributed by atoms with Gasteiger partial charge in [-0.2, -0.15) is 0 Å². The Bertz CT molecular complexity index is 579. The fourth-order valence-electron chi connectivity index (χ4n) is 2.01. The Morgan fingerprint density at radius 2 is 1.95 bits per heavy atom. The molecule has 0 amide bonds. The van der Waals surface area contributed by atoms with Gasteiger partial charge in [-0.1, -0.05) is 18.2 Å². The van der Waals surface area contributed by atoms with Gasteiger partial charge in [0.15, 0.2) is 5.78 Å². The van der Waals surface area contributed by atoms with E-state index >= 15 is 0 Å². The van der Waals surface area contributed by atoms with Gasteiger partial charge in [0.05, 0.1) is 5.52 Å². The van der Waals surface area contributed by atoms with E-state index in [1.54, 1.807) is 6.20 Å². The Hall–Kier alpha value is -1.74. The van der Waals surface area contributed by atoms with Gasteiger partial charge in [-0.3, -0.25) is 9.78 Å². The van der Waals surface area contributed by atoms with Crippen molar-refractivity contribution in [3.63, 3.8) is 0 Å². The summed E-state index contributed by atoms with van der Waals surface area (Å²) in [6, 6.07) is 9.61. The van der Waals surface area contributed by atoms with Crippen LogP contribution in [0, 0.1) is 0 Å². The molecule has 0 aliphatic rings. The molecule has 0 radical (unpaired) electrons. The van der Waals surface area contributed by atoms with Gasteiger partial charge < -0.3 is 5.32 Å². The summed E-state index contributed by atoms with van der Waals surface area (Å²) in [5, 5.41) is 4.34. The lowest BCUT2D eigenvalue weighted by molar-refractivity contribution is 0.0982. The molecule has 3 nitrogen and oxygen atoms in total. The maximum absolute atomic E-state index is 12.3. The lowest BCUT2D eigenvalue weighted by atomic mass is 10.0. The van der Waals surface area contributed by atoms with Gasteiger partial charge in [0, 0.05) is 35.7 Å². The van der Waals surface area contributed by atoms with Crippen LogP contribution in [0.1, 0.15) is 37.6 Å². The lowest BCUT2D eigenvalue weighted by Crippen LogP contribution is -2.37. The SMILES string of the molecule is CC(C)(C)NCCC(=O)c1cccc2cccnc12. The first-order valence-corrected chi connectivity index (χ1v) is 6.59. The highest BCUT2D eigenvalue weighted by molar-refractivity contribution is 6.06. The van der Waals surface area contributed by atoms with Gasteiger partial charge in [-0.15, -0.1) is 0 Å². The second kappa shape index (κ2) is 5.49. The minimum atomic E-state index is 0.0390. The Kier molecular flexibility index (Phi) is 3.96. The highest BCUT2D eigenvalue weighted by atomic mass is 16.1. The second-order valence-electron chi connectivity index (χ2n) is 5.73. The number of nitrogens with one attached hydrogen (secondary N) is 1. The highest BCUT2D eigenvalue weighted by Gasteiger charge is 2.13. The first-order valence-electron chi connectivity index (χ1n) is 6.59. The highest BCUT2D eigenvalue weighted by Crippen LogP contribution is 2.17. The van der Waals surface area contributed by atoms with Gasteiger partial charge in [-0.05, 0) is 32.9 Å². The summed E-state index contributed by atoms with van der Waals surface area (Å²) >= 11 is 0. The van der Waals surface area contributed by atoms with E-state index < -0.39 is 0 Å². The van der Waals surface area contributed by atoms with Crippen molar-refractivity contribution in [1.29, 1.82) is 0 Å². The number of hydrogen-bond donors (Lipinski definition) is 1. The number of pyridine rings is 1. The van der Waals surface area contributed by atoms with E-state index in [1.807, 2.05) is 30.3 Å². The molecule has 1 aromatic heterocycles. The van der Waals surface area contributed by atoms with Gasteiger partial charge in [0.2, 0.25) is 0 Å². The van der Waals surface area contributed by atoms with Crippen molar-refractivity contribution in [2.45, 2.75) is 32.7 Å². The average Bonchev–Trinajstić information content (AvgIpc) is 2.36. The minimum Gasteiger partial charge on any atom is -0.312 e. The normalized spacial score (nSPS) is 11.7. The first-order chi connectivity index (χ1) is 8.97. The number of fused-ring (bicyclic) bond motifs is 1. The predicted octanol–water partition coefficient (Wildman–Crippen LogP) is 3.20. The summed E-state index contributed by atoms with van der Waals surface area (Å²) in [6.07, 6.45) is 2.22. The molecule has 2 aromatic rings. The van der Waals surface area contributed by atoms with Crippen LogP contribution in [0.15, 0.2) is 36.5 Å². The second-order valence-corrected chi connectivity index (χ2v) is 5.73. The molecule has 0 saturated heterocycles. The zero-order chi connectivity index (χ0) is 13.9. The molecule has 0 atom stereocenters. The number of ketones is 1. The van der Waals surface area contributed by atoms with Crippen LogP contribution >= 0.6 is 0 Å². The molecule has 100 valence electrons. The number of nitrogens with zero attached hydrogens (tertiary/aromatic N) is 1. The van der Waals surface area contributed by atoms with Crippen molar-refractivity contribution in [2.75, 3.05) is 6.54 Å². The number of Topliss-reactive ketones (excluding diaryl/α,β-unsaturated/α-hetero) is 1. The van der Waals surface area contributed by atoms with Crippen LogP contribution in [-0.4, -0.2) is 22.9 Å². The third-order valence-electron chi connectivity index (χ3n) is 2.94. The summed E-state index contributed by atoms with van der Waals surface area (Å²) in [7, 11) is 0. The van der Waals surface area contributed by atoms with Crippen LogP contribution in [0.3, 0.4) is 0 Å². The molecular formula is C16H20N2O. The lowest BCUT2D eigenvalue weighted by Gasteiger charge is -2.20. The summed E-state index contributed by atoms with van der Waals surface area (Å²) in [5.41, 5.74) is 1.55. The molecular weight excluding hydrogens is 236 g/mol. The van der Waals surface area contributed by atoms with E-state index in [9.17, 15) is 4.79 Å². The zero-order valence-electron chi connectivity index (χ0n) is 11.7. The molecule has 2 rings (SSSR count). The number of carbonyl (C=O) groups excluding carboxylic acids is 1. The molecule has 0 unspecified atom stereocenters. The first kappa shape index (κ1) is 13.7. The average molecular weight is 256 g/mol. The number of carbonyl (C=O) groups is 1. The van der Waals surface area contributed by atoms with E-state index in [1.165, 1.54) is 0 Å². The van der Waals surface area contributed by atoms with Gasteiger partial charge in [0.25, 0.3) is 0 Å². The van der Waals surface area contributed by atoms with E-state index in [-0.39, 0.29) is 11.3 Å². The smallest absolute Gasteiger partial charge is 0.166 e. The Labute approximate surface area is 114 Å². The molecule has 1 aromatic carbocycles. The van der Waals surface area contributed by atoms with Crippen molar-refractivity contribution in [1.82, 2.24) is 10.3 Å². The number of rotatable bonds is 4. The number of para-hydroxylation sites is 1. The molecule has 0 bridgehead atoms. The van der Waals surface area contributed by atoms with Gasteiger partial charge in [0.1, 0.15) is 0 Å². The van der Waals surface area contributed by atoms with Crippen molar-refractivity contribution >= 4 is 16.7 Å². The Morgan fingerprint density at radius 1 is 1.21 bits per heavy atom. The van der Waals surface area contributed by atoms with Crippen LogP contribution in [0.25, 0.3) is 10.9 Å². The largest absolute Gasteiger partial charge is 0.312 e. The summed E-state index contributed by atoms with van der Waals surface area (Å²) in [6.45, 7) is 6.97. The molecule has 1 N–H and O–H groups in total. The monoisotopic (exact) mass is 256 g/mol. The summed E-state index contributed by atoms with van der Waals surface area (Å²) in [5.74, 6) is 0.140. The molecule has 0 spiro atoms. The molecule has 0 saturated carbocycles. The van der Waals surface area contributed by atoms with Crippen molar-refractivity contribution in [3.05, 3.63) is 42.1 Å². The fourth-order valence-corrected chi connectivity index (χ4v) is 2.01. The molecule has 1 heterocycles. The summed E-state index contributed by atoms with van der Waals surface area (Å²) < 4.78 is 0. The maximum atomic E-state index is 12.3. The summed E-state index contributed by atoms with van der Waals surface area (Å²) in [4.78, 5) is 16.6. The predicted molar refractivity (Wildman–Crippen MR) is 78.4 cm³/mol. The van der Waals surface area contributed by atoms with Crippen LogP contribution in [-0.2, 0) is 0 Å². The number of aromatic nitrogens is 1.